The summed E-state index contributed by atoms with van der Waals surface area (Å²) in [5, 5.41) is 3.68. The lowest BCUT2D eigenvalue weighted by molar-refractivity contribution is -0.129. The monoisotopic (exact) mass is 267 g/mol. The Kier molecular flexibility index (Phi) is 3.48. The molecule has 0 aromatic carbocycles. The topological polar surface area (TPSA) is 45.2 Å². The van der Waals surface area contributed by atoms with Crippen LogP contribution in [0, 0.1) is 5.41 Å². The number of amides is 1. The van der Waals surface area contributed by atoms with Crippen molar-refractivity contribution in [3.8, 4) is 0 Å². The fourth-order valence-electron chi connectivity index (χ4n) is 1.75. The van der Waals surface area contributed by atoms with Crippen LogP contribution in [0.1, 0.15) is 20.8 Å². The quantitative estimate of drug-likeness (QED) is 0.892. The third-order valence-electron chi connectivity index (χ3n) is 2.94. The number of rotatable bonds is 2. The van der Waals surface area contributed by atoms with E-state index in [1.807, 2.05) is 32.9 Å². The first-order valence-corrected chi connectivity index (χ1v) is 6.42. The summed E-state index contributed by atoms with van der Waals surface area (Å²) < 4.78 is 0. The number of aromatic nitrogens is 1. The lowest BCUT2D eigenvalue weighted by Crippen LogP contribution is -2.61. The Hall–Kier alpha value is -1.29. The summed E-state index contributed by atoms with van der Waals surface area (Å²) in [6.07, 6.45) is 1.72. The molecule has 2 rings (SSSR count). The van der Waals surface area contributed by atoms with Crippen LogP contribution in [0.4, 0.5) is 5.82 Å². The molecule has 0 bridgehead atoms. The molecule has 0 spiro atoms. The summed E-state index contributed by atoms with van der Waals surface area (Å²) in [5.74, 6) is 0.875. The van der Waals surface area contributed by atoms with E-state index in [0.29, 0.717) is 5.02 Å². The highest BCUT2D eigenvalue weighted by Crippen LogP contribution is 2.26. The molecule has 2 heterocycles. The van der Waals surface area contributed by atoms with Crippen LogP contribution in [0.25, 0.3) is 0 Å². The third kappa shape index (κ3) is 2.75. The van der Waals surface area contributed by atoms with E-state index in [0.717, 1.165) is 18.9 Å². The van der Waals surface area contributed by atoms with Gasteiger partial charge >= 0.3 is 0 Å². The zero-order valence-electron chi connectivity index (χ0n) is 10.9. The SMILES string of the molecule is CC(C)(C)C(=O)NC1CN(c2ncccc2Cl)C1. The summed E-state index contributed by atoms with van der Waals surface area (Å²) in [5.41, 5.74) is -0.344. The average molecular weight is 268 g/mol. The number of anilines is 1. The summed E-state index contributed by atoms with van der Waals surface area (Å²) in [6, 6.07) is 3.82. The summed E-state index contributed by atoms with van der Waals surface area (Å²) >= 11 is 6.07. The Morgan fingerprint density at radius 1 is 1.50 bits per heavy atom. The fraction of sp³-hybridized carbons (Fsp3) is 0.538. The van der Waals surface area contributed by atoms with Gasteiger partial charge in [-0.3, -0.25) is 4.79 Å². The van der Waals surface area contributed by atoms with Gasteiger partial charge in [0.1, 0.15) is 5.82 Å². The van der Waals surface area contributed by atoms with Crippen LogP contribution in [0.2, 0.25) is 5.02 Å². The van der Waals surface area contributed by atoms with Crippen LogP contribution in [0.15, 0.2) is 18.3 Å². The minimum atomic E-state index is -0.344. The Morgan fingerprint density at radius 2 is 2.17 bits per heavy atom. The van der Waals surface area contributed by atoms with Crippen molar-refractivity contribution in [2.75, 3.05) is 18.0 Å². The van der Waals surface area contributed by atoms with E-state index in [2.05, 4.69) is 15.2 Å². The second-order valence-electron chi connectivity index (χ2n) is 5.63. The van der Waals surface area contributed by atoms with Gasteiger partial charge in [-0.25, -0.2) is 4.98 Å². The van der Waals surface area contributed by atoms with Crippen LogP contribution in [0.3, 0.4) is 0 Å². The van der Waals surface area contributed by atoms with Crippen molar-refractivity contribution in [2.45, 2.75) is 26.8 Å². The van der Waals surface area contributed by atoms with Gasteiger partial charge in [0.25, 0.3) is 0 Å². The van der Waals surface area contributed by atoms with E-state index in [4.69, 9.17) is 11.6 Å². The van der Waals surface area contributed by atoms with Gasteiger partial charge in [0.2, 0.25) is 5.91 Å². The predicted molar refractivity (Wildman–Crippen MR) is 72.8 cm³/mol. The van der Waals surface area contributed by atoms with Crippen molar-refractivity contribution in [1.82, 2.24) is 10.3 Å². The van der Waals surface area contributed by atoms with E-state index in [-0.39, 0.29) is 17.4 Å². The summed E-state index contributed by atoms with van der Waals surface area (Å²) in [7, 11) is 0. The molecule has 0 radical (unpaired) electrons. The molecule has 0 atom stereocenters. The van der Waals surface area contributed by atoms with Crippen LogP contribution in [-0.4, -0.2) is 30.0 Å². The van der Waals surface area contributed by atoms with Crippen LogP contribution in [-0.2, 0) is 4.79 Å². The standard InChI is InChI=1S/C13H18ClN3O/c1-13(2,3)12(18)16-9-7-17(8-9)11-10(14)5-4-6-15-11/h4-6,9H,7-8H2,1-3H3,(H,16,18). The first-order valence-electron chi connectivity index (χ1n) is 6.04. The van der Waals surface area contributed by atoms with Crippen molar-refractivity contribution in [2.24, 2.45) is 5.41 Å². The Bertz CT molecular complexity index is 450. The van der Waals surface area contributed by atoms with Crippen molar-refractivity contribution >= 4 is 23.3 Å². The number of pyridine rings is 1. The smallest absolute Gasteiger partial charge is 0.225 e. The van der Waals surface area contributed by atoms with Gasteiger partial charge in [-0.2, -0.15) is 0 Å². The molecule has 5 heteroatoms. The van der Waals surface area contributed by atoms with Gasteiger partial charge in [0, 0.05) is 24.7 Å². The highest BCUT2D eigenvalue weighted by Gasteiger charge is 2.32. The summed E-state index contributed by atoms with van der Waals surface area (Å²) in [6.45, 7) is 7.26. The van der Waals surface area contributed by atoms with Crippen LogP contribution < -0.4 is 10.2 Å². The van der Waals surface area contributed by atoms with E-state index in [9.17, 15) is 4.79 Å². The van der Waals surface area contributed by atoms with Gasteiger partial charge < -0.3 is 10.2 Å². The molecular weight excluding hydrogens is 250 g/mol. The third-order valence-corrected chi connectivity index (χ3v) is 3.23. The first kappa shape index (κ1) is 13.1. The van der Waals surface area contributed by atoms with Crippen LogP contribution in [0.5, 0.6) is 0 Å². The second-order valence-corrected chi connectivity index (χ2v) is 6.04. The van der Waals surface area contributed by atoms with E-state index in [1.54, 1.807) is 6.20 Å². The first-order chi connectivity index (χ1) is 8.38. The highest BCUT2D eigenvalue weighted by molar-refractivity contribution is 6.32. The number of halogens is 1. The van der Waals surface area contributed by atoms with Crippen molar-refractivity contribution in [3.63, 3.8) is 0 Å². The number of hydrogen-bond acceptors (Lipinski definition) is 3. The average Bonchev–Trinajstić information content (AvgIpc) is 2.22. The predicted octanol–water partition coefficient (Wildman–Crippen LogP) is 2.09. The molecule has 98 valence electrons. The van der Waals surface area contributed by atoms with Gasteiger partial charge in [-0.1, -0.05) is 32.4 Å². The van der Waals surface area contributed by atoms with Gasteiger partial charge in [-0.15, -0.1) is 0 Å². The van der Waals surface area contributed by atoms with Crippen molar-refractivity contribution < 1.29 is 4.79 Å². The molecule has 1 saturated heterocycles. The molecular formula is C13H18ClN3O. The Labute approximate surface area is 112 Å². The molecule has 0 saturated carbocycles. The maximum Gasteiger partial charge on any atom is 0.225 e. The number of nitrogens with one attached hydrogen (secondary N) is 1. The molecule has 1 N–H and O–H groups in total. The molecule has 1 aromatic rings. The van der Waals surface area contributed by atoms with Crippen molar-refractivity contribution in [1.29, 1.82) is 0 Å². The van der Waals surface area contributed by atoms with E-state index in [1.165, 1.54) is 0 Å². The number of nitrogens with zero attached hydrogens (tertiary/aromatic N) is 2. The lowest BCUT2D eigenvalue weighted by atomic mass is 9.94. The van der Waals surface area contributed by atoms with E-state index >= 15 is 0 Å². The molecule has 0 aliphatic carbocycles. The largest absolute Gasteiger partial charge is 0.351 e. The summed E-state index contributed by atoms with van der Waals surface area (Å²) in [4.78, 5) is 18.1. The normalized spacial score (nSPS) is 16.3. The lowest BCUT2D eigenvalue weighted by Gasteiger charge is -2.41. The van der Waals surface area contributed by atoms with Gasteiger partial charge in [0.15, 0.2) is 0 Å². The van der Waals surface area contributed by atoms with Crippen molar-refractivity contribution in [3.05, 3.63) is 23.4 Å². The zero-order valence-corrected chi connectivity index (χ0v) is 11.7. The minimum Gasteiger partial charge on any atom is -0.351 e. The Morgan fingerprint density at radius 3 is 2.72 bits per heavy atom. The number of carbonyl (C=O) groups excluding carboxylic acids is 1. The number of carbonyl (C=O) groups is 1. The highest BCUT2D eigenvalue weighted by atomic mass is 35.5. The van der Waals surface area contributed by atoms with Crippen LogP contribution >= 0.6 is 11.6 Å². The molecule has 0 unspecified atom stereocenters. The van der Waals surface area contributed by atoms with Gasteiger partial charge in [0.05, 0.1) is 11.1 Å². The Balaban J connectivity index is 1.88. The molecule has 1 aliphatic rings. The molecule has 1 aromatic heterocycles. The molecule has 1 aliphatic heterocycles. The minimum absolute atomic E-state index is 0.0827. The second kappa shape index (κ2) is 4.76. The maximum absolute atomic E-state index is 11.8. The molecule has 1 fully saturated rings. The number of hydrogen-bond donors (Lipinski definition) is 1. The molecule has 18 heavy (non-hydrogen) atoms. The molecule has 1 amide bonds. The zero-order chi connectivity index (χ0) is 13.3. The van der Waals surface area contributed by atoms with E-state index < -0.39 is 0 Å². The fourth-order valence-corrected chi connectivity index (χ4v) is 2.00. The molecule has 4 nitrogen and oxygen atoms in total. The maximum atomic E-state index is 11.8. The van der Waals surface area contributed by atoms with Gasteiger partial charge in [-0.05, 0) is 12.1 Å².